The van der Waals surface area contributed by atoms with E-state index in [4.69, 9.17) is 4.74 Å². The number of aliphatic hydroxyl groups excluding tert-OH is 1. The molecule has 64 valence electrons. The van der Waals surface area contributed by atoms with Gasteiger partial charge >= 0.3 is 0 Å². The van der Waals surface area contributed by atoms with Crippen LogP contribution in [0, 0.1) is 0 Å². The highest BCUT2D eigenvalue weighted by molar-refractivity contribution is 4.78. The molecule has 0 aromatic rings. The van der Waals surface area contributed by atoms with Crippen molar-refractivity contribution in [1.82, 2.24) is 0 Å². The molecule has 11 heavy (non-hydrogen) atoms. The van der Waals surface area contributed by atoms with Gasteiger partial charge in [0.25, 0.3) is 0 Å². The Balaban J connectivity index is 1.70. The van der Waals surface area contributed by atoms with Gasteiger partial charge < -0.3 is 9.84 Å². The standard InChI is InChI=1S/C9H16O2/c10-7-4-5-9(6-7)11-8-2-1-3-8/h7-10H,1-6H2. The maximum absolute atomic E-state index is 9.22. The average Bonchev–Trinajstić information content (AvgIpc) is 2.27. The van der Waals surface area contributed by atoms with Crippen LogP contribution in [0.4, 0.5) is 0 Å². The minimum Gasteiger partial charge on any atom is -0.393 e. The van der Waals surface area contributed by atoms with E-state index < -0.39 is 0 Å². The molecule has 2 saturated carbocycles. The van der Waals surface area contributed by atoms with Crippen molar-refractivity contribution >= 4 is 0 Å². The Morgan fingerprint density at radius 2 is 1.82 bits per heavy atom. The molecule has 2 heteroatoms. The van der Waals surface area contributed by atoms with Gasteiger partial charge in [-0.1, -0.05) is 0 Å². The topological polar surface area (TPSA) is 29.5 Å². The van der Waals surface area contributed by atoms with Gasteiger partial charge in [-0.25, -0.2) is 0 Å². The van der Waals surface area contributed by atoms with E-state index in [1.54, 1.807) is 0 Å². The minimum atomic E-state index is -0.0833. The smallest absolute Gasteiger partial charge is 0.0604 e. The van der Waals surface area contributed by atoms with Crippen LogP contribution >= 0.6 is 0 Å². The lowest BCUT2D eigenvalue weighted by molar-refractivity contribution is -0.0514. The zero-order chi connectivity index (χ0) is 7.68. The van der Waals surface area contributed by atoms with Gasteiger partial charge in [0.2, 0.25) is 0 Å². The van der Waals surface area contributed by atoms with Gasteiger partial charge in [-0.05, 0) is 38.5 Å². The molecule has 2 rings (SSSR count). The van der Waals surface area contributed by atoms with Gasteiger partial charge in [0, 0.05) is 0 Å². The second-order valence-corrected chi connectivity index (χ2v) is 3.78. The third kappa shape index (κ3) is 1.74. The predicted octanol–water partition coefficient (Wildman–Crippen LogP) is 1.47. The van der Waals surface area contributed by atoms with Crippen molar-refractivity contribution in [3.8, 4) is 0 Å². The molecule has 2 nitrogen and oxygen atoms in total. The molecule has 2 unspecified atom stereocenters. The number of rotatable bonds is 2. The van der Waals surface area contributed by atoms with E-state index in [0.29, 0.717) is 12.2 Å². The summed E-state index contributed by atoms with van der Waals surface area (Å²) < 4.78 is 5.76. The molecule has 2 atom stereocenters. The average molecular weight is 156 g/mol. The lowest BCUT2D eigenvalue weighted by Gasteiger charge is -2.28. The molecule has 1 N–H and O–H groups in total. The van der Waals surface area contributed by atoms with Crippen LogP contribution in [0.2, 0.25) is 0 Å². The van der Waals surface area contributed by atoms with Crippen molar-refractivity contribution in [3.05, 3.63) is 0 Å². The van der Waals surface area contributed by atoms with E-state index in [1.807, 2.05) is 0 Å². The second kappa shape index (κ2) is 3.11. The molecule has 0 aromatic carbocycles. The molecular formula is C9H16O2. The number of hydrogen-bond donors (Lipinski definition) is 1. The van der Waals surface area contributed by atoms with Crippen LogP contribution in [0.1, 0.15) is 38.5 Å². The van der Waals surface area contributed by atoms with Crippen LogP contribution in [0.5, 0.6) is 0 Å². The van der Waals surface area contributed by atoms with E-state index in [9.17, 15) is 5.11 Å². The van der Waals surface area contributed by atoms with Crippen LogP contribution < -0.4 is 0 Å². The van der Waals surface area contributed by atoms with E-state index in [2.05, 4.69) is 0 Å². The SMILES string of the molecule is OC1CCC(OC2CCC2)C1. The molecule has 0 spiro atoms. The monoisotopic (exact) mass is 156 g/mol. The van der Waals surface area contributed by atoms with Gasteiger partial charge in [-0.3, -0.25) is 0 Å². The van der Waals surface area contributed by atoms with E-state index in [-0.39, 0.29) is 6.10 Å². The van der Waals surface area contributed by atoms with Crippen molar-refractivity contribution < 1.29 is 9.84 Å². The summed E-state index contributed by atoms with van der Waals surface area (Å²) >= 11 is 0. The summed E-state index contributed by atoms with van der Waals surface area (Å²) in [7, 11) is 0. The summed E-state index contributed by atoms with van der Waals surface area (Å²) in [6, 6.07) is 0. The summed E-state index contributed by atoms with van der Waals surface area (Å²) in [4.78, 5) is 0. The number of hydrogen-bond acceptors (Lipinski definition) is 2. The second-order valence-electron chi connectivity index (χ2n) is 3.78. The summed E-state index contributed by atoms with van der Waals surface area (Å²) in [6.07, 6.45) is 7.52. The Bertz CT molecular complexity index is 132. The molecule has 0 heterocycles. The summed E-state index contributed by atoms with van der Waals surface area (Å²) in [5.74, 6) is 0. The Morgan fingerprint density at radius 1 is 1.00 bits per heavy atom. The Labute approximate surface area is 67.6 Å². The van der Waals surface area contributed by atoms with Crippen molar-refractivity contribution in [3.63, 3.8) is 0 Å². The maximum atomic E-state index is 9.22. The van der Waals surface area contributed by atoms with Crippen LogP contribution in [0.15, 0.2) is 0 Å². The summed E-state index contributed by atoms with van der Waals surface area (Å²) in [5.41, 5.74) is 0. The number of ether oxygens (including phenoxy) is 1. The van der Waals surface area contributed by atoms with E-state index >= 15 is 0 Å². The fourth-order valence-corrected chi connectivity index (χ4v) is 1.82. The molecule has 0 aromatic heterocycles. The Kier molecular flexibility index (Phi) is 2.14. The largest absolute Gasteiger partial charge is 0.393 e. The van der Waals surface area contributed by atoms with Gasteiger partial charge in [0.05, 0.1) is 18.3 Å². The molecule has 2 aliphatic carbocycles. The summed E-state index contributed by atoms with van der Waals surface area (Å²) in [6.45, 7) is 0. The molecule has 2 fully saturated rings. The highest BCUT2D eigenvalue weighted by Crippen LogP contribution is 2.29. The zero-order valence-electron chi connectivity index (χ0n) is 6.83. The molecule has 0 saturated heterocycles. The molecule has 0 amide bonds. The molecular weight excluding hydrogens is 140 g/mol. The molecule has 2 aliphatic rings. The van der Waals surface area contributed by atoms with Gasteiger partial charge in [-0.2, -0.15) is 0 Å². The molecule has 0 radical (unpaired) electrons. The van der Waals surface area contributed by atoms with Crippen molar-refractivity contribution in [2.45, 2.75) is 56.8 Å². The van der Waals surface area contributed by atoms with Crippen molar-refractivity contribution in [1.29, 1.82) is 0 Å². The zero-order valence-corrected chi connectivity index (χ0v) is 6.83. The first-order valence-corrected chi connectivity index (χ1v) is 4.68. The third-order valence-electron chi connectivity index (χ3n) is 2.79. The minimum absolute atomic E-state index is 0.0833. The Morgan fingerprint density at radius 3 is 2.27 bits per heavy atom. The molecule has 0 aliphatic heterocycles. The normalized spacial score (nSPS) is 39.0. The molecule has 0 bridgehead atoms. The fourth-order valence-electron chi connectivity index (χ4n) is 1.82. The first-order chi connectivity index (χ1) is 5.34. The van der Waals surface area contributed by atoms with Crippen LogP contribution in [0.25, 0.3) is 0 Å². The highest BCUT2D eigenvalue weighted by Gasteiger charge is 2.28. The third-order valence-corrected chi connectivity index (χ3v) is 2.79. The first-order valence-electron chi connectivity index (χ1n) is 4.68. The van der Waals surface area contributed by atoms with Gasteiger partial charge in [-0.15, -0.1) is 0 Å². The van der Waals surface area contributed by atoms with Crippen LogP contribution in [-0.2, 0) is 4.74 Å². The van der Waals surface area contributed by atoms with E-state index in [0.717, 1.165) is 19.3 Å². The summed E-state index contributed by atoms with van der Waals surface area (Å²) in [5, 5.41) is 9.22. The lowest BCUT2D eigenvalue weighted by Crippen LogP contribution is -2.26. The van der Waals surface area contributed by atoms with Crippen molar-refractivity contribution in [2.24, 2.45) is 0 Å². The first kappa shape index (κ1) is 7.56. The highest BCUT2D eigenvalue weighted by atomic mass is 16.5. The van der Waals surface area contributed by atoms with Crippen LogP contribution in [-0.4, -0.2) is 23.4 Å². The predicted molar refractivity (Wildman–Crippen MR) is 42.4 cm³/mol. The van der Waals surface area contributed by atoms with Gasteiger partial charge in [0.15, 0.2) is 0 Å². The fraction of sp³-hybridized carbons (Fsp3) is 1.00. The maximum Gasteiger partial charge on any atom is 0.0604 e. The van der Waals surface area contributed by atoms with Crippen LogP contribution in [0.3, 0.4) is 0 Å². The quantitative estimate of drug-likeness (QED) is 0.656. The van der Waals surface area contributed by atoms with E-state index in [1.165, 1.54) is 19.3 Å². The van der Waals surface area contributed by atoms with Gasteiger partial charge in [0.1, 0.15) is 0 Å². The van der Waals surface area contributed by atoms with Crippen molar-refractivity contribution in [2.75, 3.05) is 0 Å². The Hall–Kier alpha value is -0.0800. The number of aliphatic hydroxyl groups is 1. The lowest BCUT2D eigenvalue weighted by atomic mass is 9.96.